The molecule has 0 fully saturated rings. The minimum absolute atomic E-state index is 1.16. The SMILES string of the molecule is c1cn2ccc3c(c2n1)CCCC3. The normalized spacial score (nSPS) is 16.0. The Morgan fingerprint density at radius 3 is 3.08 bits per heavy atom. The molecular weight excluding hydrogens is 160 g/mol. The van der Waals surface area contributed by atoms with Crippen molar-refractivity contribution in [2.75, 3.05) is 0 Å². The second-order valence-corrected chi connectivity index (χ2v) is 3.68. The highest BCUT2D eigenvalue weighted by atomic mass is 15.0. The minimum Gasteiger partial charge on any atom is -0.307 e. The van der Waals surface area contributed by atoms with E-state index < -0.39 is 0 Å². The Morgan fingerprint density at radius 1 is 1.15 bits per heavy atom. The topological polar surface area (TPSA) is 17.3 Å². The highest BCUT2D eigenvalue weighted by molar-refractivity contribution is 5.52. The molecule has 1 aliphatic carbocycles. The first-order valence-corrected chi connectivity index (χ1v) is 4.88. The summed E-state index contributed by atoms with van der Waals surface area (Å²) in [4.78, 5) is 4.39. The van der Waals surface area contributed by atoms with E-state index in [1.54, 1.807) is 0 Å². The summed E-state index contributed by atoms with van der Waals surface area (Å²) in [5.74, 6) is 0. The van der Waals surface area contributed by atoms with E-state index in [1.807, 2.05) is 12.4 Å². The average molecular weight is 172 g/mol. The molecule has 0 saturated carbocycles. The summed E-state index contributed by atoms with van der Waals surface area (Å²) >= 11 is 0. The quantitative estimate of drug-likeness (QED) is 0.595. The van der Waals surface area contributed by atoms with E-state index in [0.717, 1.165) is 5.65 Å². The highest BCUT2D eigenvalue weighted by Gasteiger charge is 2.12. The van der Waals surface area contributed by atoms with Crippen molar-refractivity contribution < 1.29 is 0 Å². The second kappa shape index (κ2) is 2.59. The fourth-order valence-electron chi connectivity index (χ4n) is 2.21. The van der Waals surface area contributed by atoms with E-state index in [9.17, 15) is 0 Å². The number of aromatic nitrogens is 2. The lowest BCUT2D eigenvalue weighted by Gasteiger charge is -2.15. The Hall–Kier alpha value is -1.31. The molecule has 2 aromatic heterocycles. The zero-order valence-corrected chi connectivity index (χ0v) is 7.53. The van der Waals surface area contributed by atoms with Crippen LogP contribution in [0, 0.1) is 0 Å². The molecule has 2 heteroatoms. The second-order valence-electron chi connectivity index (χ2n) is 3.68. The van der Waals surface area contributed by atoms with Gasteiger partial charge in [0.15, 0.2) is 0 Å². The molecule has 66 valence electrons. The van der Waals surface area contributed by atoms with Gasteiger partial charge < -0.3 is 4.40 Å². The number of aryl methyl sites for hydroxylation is 2. The van der Waals surface area contributed by atoms with Gasteiger partial charge in [0.2, 0.25) is 0 Å². The lowest BCUT2D eigenvalue weighted by molar-refractivity contribution is 0.685. The molecule has 0 amide bonds. The Balaban J connectivity index is 2.34. The van der Waals surface area contributed by atoms with E-state index in [4.69, 9.17) is 0 Å². The number of hydrogen-bond donors (Lipinski definition) is 0. The lowest BCUT2D eigenvalue weighted by atomic mass is 9.93. The molecule has 13 heavy (non-hydrogen) atoms. The van der Waals surface area contributed by atoms with Crippen LogP contribution in [0.15, 0.2) is 24.7 Å². The number of nitrogens with zero attached hydrogens (tertiary/aromatic N) is 2. The van der Waals surface area contributed by atoms with Crippen LogP contribution in [0.5, 0.6) is 0 Å². The number of pyridine rings is 1. The third kappa shape index (κ3) is 0.981. The number of hydrogen-bond acceptors (Lipinski definition) is 1. The van der Waals surface area contributed by atoms with Gasteiger partial charge in [-0.05, 0) is 42.9 Å². The summed E-state index contributed by atoms with van der Waals surface area (Å²) in [6.45, 7) is 0. The summed E-state index contributed by atoms with van der Waals surface area (Å²) in [7, 11) is 0. The van der Waals surface area contributed by atoms with Gasteiger partial charge in [0.05, 0.1) is 0 Å². The molecule has 0 atom stereocenters. The van der Waals surface area contributed by atoms with Crippen molar-refractivity contribution in [3.05, 3.63) is 35.8 Å². The molecule has 2 aromatic rings. The molecule has 0 aromatic carbocycles. The van der Waals surface area contributed by atoms with Crippen LogP contribution in [0.2, 0.25) is 0 Å². The summed E-state index contributed by atoms with van der Waals surface area (Å²) in [6, 6.07) is 2.24. The van der Waals surface area contributed by atoms with Crippen LogP contribution < -0.4 is 0 Å². The van der Waals surface area contributed by atoms with Crippen molar-refractivity contribution >= 4 is 5.65 Å². The predicted octanol–water partition coefficient (Wildman–Crippen LogP) is 2.21. The first-order valence-electron chi connectivity index (χ1n) is 4.88. The summed E-state index contributed by atoms with van der Waals surface area (Å²) in [5.41, 5.74) is 4.14. The third-order valence-corrected chi connectivity index (χ3v) is 2.89. The number of fused-ring (bicyclic) bond motifs is 3. The Bertz CT molecular complexity index is 442. The van der Waals surface area contributed by atoms with Gasteiger partial charge >= 0.3 is 0 Å². The van der Waals surface area contributed by atoms with Crippen LogP contribution in [0.25, 0.3) is 5.65 Å². The zero-order chi connectivity index (χ0) is 8.67. The molecule has 2 heterocycles. The van der Waals surface area contributed by atoms with Crippen LogP contribution in [0.1, 0.15) is 24.0 Å². The molecule has 1 aliphatic rings. The smallest absolute Gasteiger partial charge is 0.140 e. The van der Waals surface area contributed by atoms with Crippen LogP contribution in [0.3, 0.4) is 0 Å². The molecule has 0 radical (unpaired) electrons. The average Bonchev–Trinajstić information content (AvgIpc) is 2.65. The largest absolute Gasteiger partial charge is 0.307 e. The van der Waals surface area contributed by atoms with Crippen molar-refractivity contribution in [1.29, 1.82) is 0 Å². The molecule has 0 saturated heterocycles. The molecule has 0 bridgehead atoms. The Morgan fingerprint density at radius 2 is 2.08 bits per heavy atom. The molecule has 0 N–H and O–H groups in total. The summed E-state index contributed by atoms with van der Waals surface area (Å²) < 4.78 is 2.12. The predicted molar refractivity (Wildman–Crippen MR) is 51.8 cm³/mol. The summed E-state index contributed by atoms with van der Waals surface area (Å²) in [6.07, 6.45) is 11.1. The van der Waals surface area contributed by atoms with E-state index in [2.05, 4.69) is 21.6 Å². The maximum atomic E-state index is 4.39. The maximum Gasteiger partial charge on any atom is 0.140 e. The van der Waals surface area contributed by atoms with Crippen LogP contribution >= 0.6 is 0 Å². The number of rotatable bonds is 0. The minimum atomic E-state index is 1.16. The molecule has 0 aliphatic heterocycles. The standard InChI is InChI=1S/C11H12N2/c1-2-4-10-9(3-1)5-7-13-8-6-12-11(10)13/h5-8H,1-4H2. The van der Waals surface area contributed by atoms with Gasteiger partial charge in [-0.2, -0.15) is 0 Å². The van der Waals surface area contributed by atoms with E-state index >= 15 is 0 Å². The first kappa shape index (κ1) is 7.13. The van der Waals surface area contributed by atoms with Crippen LogP contribution in [-0.4, -0.2) is 9.38 Å². The van der Waals surface area contributed by atoms with Crippen molar-refractivity contribution in [2.45, 2.75) is 25.7 Å². The van der Waals surface area contributed by atoms with Gasteiger partial charge in [0, 0.05) is 18.6 Å². The Labute approximate surface area is 77.2 Å². The monoisotopic (exact) mass is 172 g/mol. The van der Waals surface area contributed by atoms with Gasteiger partial charge in [-0.15, -0.1) is 0 Å². The van der Waals surface area contributed by atoms with Crippen molar-refractivity contribution in [2.24, 2.45) is 0 Å². The van der Waals surface area contributed by atoms with Crippen LogP contribution in [0.4, 0.5) is 0 Å². The van der Waals surface area contributed by atoms with Gasteiger partial charge in [-0.3, -0.25) is 0 Å². The molecule has 0 unspecified atom stereocenters. The zero-order valence-electron chi connectivity index (χ0n) is 7.53. The first-order chi connectivity index (χ1) is 6.45. The fourth-order valence-corrected chi connectivity index (χ4v) is 2.21. The van der Waals surface area contributed by atoms with E-state index in [1.165, 1.54) is 36.8 Å². The maximum absolute atomic E-state index is 4.39. The molecule has 3 rings (SSSR count). The van der Waals surface area contributed by atoms with Crippen molar-refractivity contribution in [1.82, 2.24) is 9.38 Å². The molecular formula is C11H12N2. The van der Waals surface area contributed by atoms with Gasteiger partial charge in [-0.25, -0.2) is 4.98 Å². The van der Waals surface area contributed by atoms with Gasteiger partial charge in [-0.1, -0.05) is 0 Å². The molecule has 2 nitrogen and oxygen atoms in total. The fraction of sp³-hybridized carbons (Fsp3) is 0.364. The number of imidazole rings is 1. The molecule has 0 spiro atoms. The van der Waals surface area contributed by atoms with E-state index in [0.29, 0.717) is 0 Å². The van der Waals surface area contributed by atoms with Crippen LogP contribution in [-0.2, 0) is 12.8 Å². The van der Waals surface area contributed by atoms with Gasteiger partial charge in [0.1, 0.15) is 5.65 Å². The van der Waals surface area contributed by atoms with Crippen molar-refractivity contribution in [3.63, 3.8) is 0 Å². The summed E-state index contributed by atoms with van der Waals surface area (Å²) in [5, 5.41) is 0. The van der Waals surface area contributed by atoms with Gasteiger partial charge in [0.25, 0.3) is 0 Å². The third-order valence-electron chi connectivity index (χ3n) is 2.89. The van der Waals surface area contributed by atoms with E-state index in [-0.39, 0.29) is 0 Å². The highest BCUT2D eigenvalue weighted by Crippen LogP contribution is 2.23. The lowest BCUT2D eigenvalue weighted by Crippen LogP contribution is -2.05. The van der Waals surface area contributed by atoms with Crippen molar-refractivity contribution in [3.8, 4) is 0 Å². The Kier molecular flexibility index (Phi) is 1.42.